The molecule has 0 radical (unpaired) electrons. The summed E-state index contributed by atoms with van der Waals surface area (Å²) in [5.74, 6) is 0.664. The Kier molecular flexibility index (Phi) is 13.2. The number of ether oxygens (including phenoxy) is 1. The lowest BCUT2D eigenvalue weighted by atomic mass is 9.84. The van der Waals surface area contributed by atoms with E-state index >= 15 is 0 Å². The summed E-state index contributed by atoms with van der Waals surface area (Å²) in [7, 11) is 3.79. The Morgan fingerprint density at radius 1 is 1.05 bits per heavy atom. The Bertz CT molecular complexity index is 2450. The molecule has 18 heteroatoms. The number of carbonyl (C=O) groups is 3. The number of carbonyl (C=O) groups excluding carboxylic acids is 3. The summed E-state index contributed by atoms with van der Waals surface area (Å²) in [5, 5.41) is 12.5. The molecule has 62 heavy (non-hydrogen) atoms. The fourth-order valence-electron chi connectivity index (χ4n) is 8.63. The summed E-state index contributed by atoms with van der Waals surface area (Å²) in [4.78, 5) is 61.5. The molecule has 0 spiro atoms. The number of pyridine rings is 1. The highest BCUT2D eigenvalue weighted by Gasteiger charge is 2.32. The molecule has 5 aromatic rings. The number of anilines is 2. The number of piperidine rings is 1. The topological polar surface area (TPSA) is 183 Å². The SMILES string of the molecule is CN(CCOCCCc1cccc2c1n(C)c(=O)n2C1CCC(=O)NC1=O)CC[C@H]1CC[C@H](n2cc(NC(=O)c3coc(-c4ccnc(NCC5CC5)c4)n3)c(C(F)F)n2)CC1. The van der Waals surface area contributed by atoms with Crippen LogP contribution in [-0.2, 0) is 27.8 Å². The van der Waals surface area contributed by atoms with Crippen LogP contribution >= 0.6 is 0 Å². The Morgan fingerprint density at radius 2 is 1.85 bits per heavy atom. The van der Waals surface area contributed by atoms with Gasteiger partial charge < -0.3 is 24.7 Å². The second kappa shape index (κ2) is 19.1. The standard InChI is InChI=1S/C44H54F2N10O6/c1-53(20-22-61-21-4-6-29-5-3-7-34-39(29)54(2)44(60)56(34)35-14-15-37(57)51-42(35)59)19-17-27-10-12-31(13-11-27)55-25-32(38(52-55)40(45)46)49-41(58)33-26-62-43(50-33)30-16-18-47-36(23-30)48-24-28-8-9-28/h3,5,7,16,18,23,25-28,31,35,40H,4,6,8-15,17,19-22,24H2,1-2H3,(H,47,48)(H,49,58)(H,51,57,59)/t27-,31-,35?. The minimum absolute atomic E-state index is 0.0317. The van der Waals surface area contributed by atoms with Crippen LogP contribution in [0.1, 0.15) is 104 Å². The highest BCUT2D eigenvalue weighted by atomic mass is 19.3. The molecule has 2 saturated carbocycles. The molecule has 1 atom stereocenters. The van der Waals surface area contributed by atoms with Crippen molar-refractivity contribution in [2.75, 3.05) is 50.5 Å². The number of imide groups is 1. The molecule has 5 heterocycles. The fraction of sp³-hybridized carbons (Fsp3) is 0.523. The number of aromatic nitrogens is 6. The van der Waals surface area contributed by atoms with Gasteiger partial charge >= 0.3 is 5.69 Å². The van der Waals surface area contributed by atoms with Crippen molar-refractivity contribution in [2.45, 2.75) is 89.1 Å². The van der Waals surface area contributed by atoms with Crippen molar-refractivity contribution in [3.63, 3.8) is 0 Å². The molecule has 16 nitrogen and oxygen atoms in total. The average molecular weight is 857 g/mol. The number of oxazole rings is 1. The van der Waals surface area contributed by atoms with E-state index in [-0.39, 0.29) is 41.3 Å². The van der Waals surface area contributed by atoms with E-state index in [1.165, 1.54) is 29.9 Å². The molecule has 3 aliphatic rings. The van der Waals surface area contributed by atoms with Crippen LogP contribution in [0, 0.1) is 11.8 Å². The highest BCUT2D eigenvalue weighted by Crippen LogP contribution is 2.36. The van der Waals surface area contributed by atoms with E-state index in [1.807, 2.05) is 18.2 Å². The van der Waals surface area contributed by atoms with Gasteiger partial charge in [0.2, 0.25) is 17.7 Å². The van der Waals surface area contributed by atoms with Crippen LogP contribution in [-0.4, -0.2) is 91.4 Å². The zero-order valence-corrected chi connectivity index (χ0v) is 35.2. The lowest BCUT2D eigenvalue weighted by Crippen LogP contribution is -2.44. The summed E-state index contributed by atoms with van der Waals surface area (Å²) in [5.41, 5.74) is 2.30. The number of benzene rings is 1. The number of halogens is 2. The predicted octanol–water partition coefficient (Wildman–Crippen LogP) is 6.28. The van der Waals surface area contributed by atoms with Crippen LogP contribution in [0.3, 0.4) is 0 Å². The third-order valence-electron chi connectivity index (χ3n) is 12.4. The summed E-state index contributed by atoms with van der Waals surface area (Å²) in [6.45, 7) is 3.69. The number of amides is 3. The maximum Gasteiger partial charge on any atom is 0.329 e. The van der Waals surface area contributed by atoms with Crippen molar-refractivity contribution < 1.29 is 32.3 Å². The quantitative estimate of drug-likeness (QED) is 0.0628. The first-order valence-corrected chi connectivity index (χ1v) is 21.7. The molecule has 2 aliphatic carbocycles. The minimum atomic E-state index is -2.87. The number of alkyl halides is 2. The van der Waals surface area contributed by atoms with E-state index in [0.29, 0.717) is 54.8 Å². The zero-order chi connectivity index (χ0) is 43.3. The molecule has 0 bridgehead atoms. The van der Waals surface area contributed by atoms with Gasteiger partial charge in [0.05, 0.1) is 29.4 Å². The maximum absolute atomic E-state index is 14.1. The molecule has 1 unspecified atom stereocenters. The fourth-order valence-corrected chi connectivity index (χ4v) is 8.63. The average Bonchev–Trinajstić information content (AvgIpc) is 3.67. The summed E-state index contributed by atoms with van der Waals surface area (Å²) in [6.07, 6.45) is 10.4. The molecule has 1 aliphatic heterocycles. The van der Waals surface area contributed by atoms with E-state index in [4.69, 9.17) is 9.15 Å². The summed E-state index contributed by atoms with van der Waals surface area (Å²) in [6, 6.07) is 8.50. The number of nitrogens with one attached hydrogen (secondary N) is 3. The van der Waals surface area contributed by atoms with E-state index in [9.17, 15) is 28.0 Å². The molecule has 330 valence electrons. The van der Waals surface area contributed by atoms with Crippen molar-refractivity contribution in [2.24, 2.45) is 18.9 Å². The number of fused-ring (bicyclic) bond motifs is 1. The normalized spacial score (nSPS) is 19.4. The molecule has 3 N–H and O–H groups in total. The molecule has 8 rings (SSSR count). The van der Waals surface area contributed by atoms with Gasteiger partial charge in [-0.05, 0) is 113 Å². The van der Waals surface area contributed by atoms with E-state index < -0.39 is 30.0 Å². The maximum atomic E-state index is 14.1. The van der Waals surface area contributed by atoms with E-state index in [0.717, 1.165) is 69.2 Å². The number of aryl methyl sites for hydroxylation is 2. The second-order valence-corrected chi connectivity index (χ2v) is 16.9. The van der Waals surface area contributed by atoms with Crippen molar-refractivity contribution in [3.8, 4) is 11.5 Å². The van der Waals surface area contributed by atoms with Gasteiger partial charge in [-0.3, -0.25) is 33.5 Å². The van der Waals surface area contributed by atoms with Gasteiger partial charge in [-0.1, -0.05) is 12.1 Å². The first-order chi connectivity index (χ1) is 30.0. The minimum Gasteiger partial charge on any atom is -0.444 e. The molecule has 1 saturated heterocycles. The Hall–Kier alpha value is -5.75. The van der Waals surface area contributed by atoms with Crippen LogP contribution in [0.15, 0.2) is 58.2 Å². The van der Waals surface area contributed by atoms with Gasteiger partial charge in [-0.2, -0.15) is 5.10 Å². The first-order valence-electron chi connectivity index (χ1n) is 21.7. The third kappa shape index (κ3) is 9.96. The highest BCUT2D eigenvalue weighted by molar-refractivity contribution is 6.03. The number of hydrogen-bond donors (Lipinski definition) is 3. The summed E-state index contributed by atoms with van der Waals surface area (Å²) >= 11 is 0. The van der Waals surface area contributed by atoms with Gasteiger partial charge in [-0.15, -0.1) is 0 Å². The molecule has 3 fully saturated rings. The Labute approximate surface area is 357 Å². The van der Waals surface area contributed by atoms with Gasteiger partial charge in [0.1, 0.15) is 18.1 Å². The van der Waals surface area contributed by atoms with Gasteiger partial charge in [0.15, 0.2) is 11.4 Å². The predicted molar refractivity (Wildman–Crippen MR) is 227 cm³/mol. The smallest absolute Gasteiger partial charge is 0.329 e. The van der Waals surface area contributed by atoms with Crippen LogP contribution in [0.5, 0.6) is 0 Å². The van der Waals surface area contributed by atoms with Crippen molar-refractivity contribution in [1.29, 1.82) is 0 Å². The van der Waals surface area contributed by atoms with Crippen LogP contribution in [0.25, 0.3) is 22.5 Å². The molecule has 3 amide bonds. The lowest BCUT2D eigenvalue weighted by molar-refractivity contribution is -0.135. The molecule has 4 aromatic heterocycles. The lowest BCUT2D eigenvalue weighted by Gasteiger charge is -2.30. The molecule has 1 aromatic carbocycles. The number of imidazole rings is 1. The summed E-state index contributed by atoms with van der Waals surface area (Å²) < 4.78 is 44.5. The molecular weight excluding hydrogens is 803 g/mol. The zero-order valence-electron chi connectivity index (χ0n) is 35.2. The van der Waals surface area contributed by atoms with Crippen molar-refractivity contribution in [1.82, 2.24) is 39.1 Å². The Balaban J connectivity index is 0.751. The van der Waals surface area contributed by atoms with Crippen molar-refractivity contribution >= 4 is 40.3 Å². The third-order valence-corrected chi connectivity index (χ3v) is 12.4. The monoisotopic (exact) mass is 856 g/mol. The number of likely N-dealkylation sites (N-methyl/N-ethyl adjacent to an activating group) is 1. The number of nitrogens with zero attached hydrogens (tertiary/aromatic N) is 7. The van der Waals surface area contributed by atoms with Crippen LogP contribution in [0.2, 0.25) is 0 Å². The largest absolute Gasteiger partial charge is 0.444 e. The van der Waals surface area contributed by atoms with E-state index in [2.05, 4.69) is 43.0 Å². The van der Waals surface area contributed by atoms with Gasteiger partial charge in [0, 0.05) is 51.1 Å². The van der Waals surface area contributed by atoms with Gasteiger partial charge in [-0.25, -0.2) is 23.5 Å². The first kappa shape index (κ1) is 42.9. The van der Waals surface area contributed by atoms with Gasteiger partial charge in [0.25, 0.3) is 12.3 Å². The van der Waals surface area contributed by atoms with Crippen LogP contribution in [0.4, 0.5) is 20.3 Å². The Morgan fingerprint density at radius 3 is 2.63 bits per heavy atom. The number of hydrogen-bond acceptors (Lipinski definition) is 11. The second-order valence-electron chi connectivity index (χ2n) is 16.9. The number of rotatable bonds is 19. The number of para-hydroxylation sites is 1. The van der Waals surface area contributed by atoms with Crippen molar-refractivity contribution in [3.05, 3.63) is 76.4 Å². The molecular formula is C44H54F2N10O6. The van der Waals surface area contributed by atoms with Crippen LogP contribution < -0.4 is 21.6 Å². The van der Waals surface area contributed by atoms with E-state index in [1.54, 1.807) is 34.6 Å².